The fraction of sp³-hybridized carbons (Fsp3) is 0.617. The molecule has 0 saturated carbocycles. The highest BCUT2D eigenvalue weighted by atomic mass is 16.8. The Hall–Kier alpha value is -2.98. The van der Waals surface area contributed by atoms with Gasteiger partial charge in [0.25, 0.3) is 0 Å². The fourth-order valence-electron chi connectivity index (χ4n) is 7.83. The zero-order valence-corrected chi connectivity index (χ0v) is 35.8. The fourth-order valence-corrected chi connectivity index (χ4v) is 7.83. The molecule has 0 aromatic heterocycles. The van der Waals surface area contributed by atoms with Gasteiger partial charge in [0, 0.05) is 6.61 Å². The van der Waals surface area contributed by atoms with Gasteiger partial charge in [0.15, 0.2) is 18.9 Å². The van der Waals surface area contributed by atoms with Gasteiger partial charge in [0.2, 0.25) is 0 Å². The number of aliphatic hydroxyl groups excluding tert-OH is 7. The van der Waals surface area contributed by atoms with E-state index in [1.165, 1.54) is 0 Å². The van der Waals surface area contributed by atoms with Crippen LogP contribution in [0.4, 0.5) is 0 Å². The maximum absolute atomic E-state index is 11.7. The van der Waals surface area contributed by atoms with Crippen LogP contribution < -0.4 is 0 Å². The van der Waals surface area contributed by atoms with Crippen LogP contribution in [0.2, 0.25) is 0 Å². The minimum absolute atomic E-state index is 0.109. The average molecular weight is 887 g/mol. The molecule has 0 radical (unpaired) electrons. The summed E-state index contributed by atoms with van der Waals surface area (Å²) in [4.78, 5) is 0. The monoisotopic (exact) mass is 886 g/mol. The molecule has 0 amide bonds. The Morgan fingerprint density at radius 1 is 0.413 bits per heavy atom. The smallest absolute Gasteiger partial charge is 0.187 e. The molecule has 16 heteroatoms. The van der Waals surface area contributed by atoms with Gasteiger partial charge in [-0.2, -0.15) is 0 Å². The second kappa shape index (κ2) is 25.6. The molecule has 6 rings (SSSR count). The van der Waals surface area contributed by atoms with E-state index in [9.17, 15) is 35.7 Å². The molecule has 0 aliphatic carbocycles. The van der Waals surface area contributed by atoms with Crippen molar-refractivity contribution in [3.63, 3.8) is 0 Å². The molecule has 15 atom stereocenters. The van der Waals surface area contributed by atoms with Gasteiger partial charge in [-0.25, -0.2) is 0 Å². The molecule has 3 saturated heterocycles. The van der Waals surface area contributed by atoms with Crippen molar-refractivity contribution in [3.8, 4) is 0 Å². The van der Waals surface area contributed by atoms with Crippen LogP contribution in [0, 0.1) is 0 Å². The van der Waals surface area contributed by atoms with Crippen LogP contribution in [0.3, 0.4) is 0 Å². The standard InChI is InChI=1S/C47H66O16/c1-2-3-4-5-6-16-23-58-45-41(53)38(50)43(34(60-45)28-56-25-31-19-12-8-13-20-31)63-47-42(54)39(51)44(35(61-47)29-57-26-32-21-14-9-15-22-32)62-46-40(52)37(49)36(48)33(59-46)27-55-24-30-17-10-7-11-18-30/h7-15,17-22,33-54H,2-6,16,23-29H2,1H3/t33-,34-,35-,36-,37+,38-,39-,40+,41+,42+,43-,44-,45+,46-,47-/m1/s1. The molecule has 3 aliphatic heterocycles. The van der Waals surface area contributed by atoms with Gasteiger partial charge in [-0.15, -0.1) is 0 Å². The number of unbranched alkanes of at least 4 members (excludes halogenated alkanes) is 5. The quantitative estimate of drug-likeness (QED) is 0.0642. The summed E-state index contributed by atoms with van der Waals surface area (Å²) in [5, 5.41) is 78.8. The number of hydrogen-bond acceptors (Lipinski definition) is 16. The summed E-state index contributed by atoms with van der Waals surface area (Å²) >= 11 is 0. The van der Waals surface area contributed by atoms with E-state index in [-0.39, 0.29) is 39.6 Å². The van der Waals surface area contributed by atoms with Crippen molar-refractivity contribution in [1.29, 1.82) is 0 Å². The van der Waals surface area contributed by atoms with Crippen molar-refractivity contribution in [2.45, 2.75) is 157 Å². The summed E-state index contributed by atoms with van der Waals surface area (Å²) in [5.74, 6) is 0. The van der Waals surface area contributed by atoms with Crippen LogP contribution in [0.5, 0.6) is 0 Å². The SMILES string of the molecule is CCCCCCCCO[C@H]1O[C@H](COCc2ccccc2)[C@@H](O[C@H]2O[C@H](COCc3ccccc3)[C@@H](O[C@H]3O[C@H](COCc4ccccc4)[C@@H](O)[C@H](O)[C@@H]3O)[C@H](O)[C@@H]2O)[C@H](O)[C@@H]1O. The number of hydrogen-bond donors (Lipinski definition) is 7. The molecule has 0 spiro atoms. The number of benzene rings is 3. The lowest BCUT2D eigenvalue weighted by Crippen LogP contribution is -2.66. The second-order valence-corrected chi connectivity index (χ2v) is 16.4. The van der Waals surface area contributed by atoms with E-state index in [4.69, 9.17) is 42.6 Å². The average Bonchev–Trinajstić information content (AvgIpc) is 3.30. The van der Waals surface area contributed by atoms with Crippen LogP contribution in [-0.2, 0) is 62.5 Å². The summed E-state index contributed by atoms with van der Waals surface area (Å²) in [6.45, 7) is 2.46. The number of rotatable bonds is 24. The number of ether oxygens (including phenoxy) is 9. The van der Waals surface area contributed by atoms with Gasteiger partial charge in [-0.05, 0) is 23.1 Å². The minimum atomic E-state index is -1.83. The highest BCUT2D eigenvalue weighted by Gasteiger charge is 2.54. The van der Waals surface area contributed by atoms with Gasteiger partial charge in [0.05, 0.1) is 39.6 Å². The van der Waals surface area contributed by atoms with Crippen molar-refractivity contribution in [3.05, 3.63) is 108 Å². The Labute approximate surface area is 369 Å². The summed E-state index contributed by atoms with van der Waals surface area (Å²) in [6, 6.07) is 28.0. The molecule has 16 nitrogen and oxygen atoms in total. The lowest BCUT2D eigenvalue weighted by molar-refractivity contribution is -0.381. The summed E-state index contributed by atoms with van der Waals surface area (Å²) in [6.07, 6.45) is -16.3. The Morgan fingerprint density at radius 2 is 0.794 bits per heavy atom. The van der Waals surface area contributed by atoms with E-state index in [0.717, 1.165) is 55.2 Å². The normalized spacial score (nSPS) is 33.6. The molecule has 7 N–H and O–H groups in total. The molecular weight excluding hydrogens is 821 g/mol. The molecule has 3 fully saturated rings. The van der Waals surface area contributed by atoms with Crippen molar-refractivity contribution in [1.82, 2.24) is 0 Å². The van der Waals surface area contributed by atoms with Crippen molar-refractivity contribution in [2.75, 3.05) is 26.4 Å². The van der Waals surface area contributed by atoms with Gasteiger partial charge in [0.1, 0.15) is 73.2 Å². The Morgan fingerprint density at radius 3 is 1.27 bits per heavy atom. The first-order valence-corrected chi connectivity index (χ1v) is 22.1. The summed E-state index contributed by atoms with van der Waals surface area (Å²) < 4.78 is 54.4. The first-order valence-electron chi connectivity index (χ1n) is 22.1. The van der Waals surface area contributed by atoms with Crippen molar-refractivity contribution >= 4 is 0 Å². The lowest BCUT2D eigenvalue weighted by Gasteiger charge is -2.48. The molecule has 0 unspecified atom stereocenters. The van der Waals surface area contributed by atoms with E-state index in [1.54, 1.807) is 0 Å². The maximum Gasteiger partial charge on any atom is 0.187 e. The van der Waals surface area contributed by atoms with E-state index in [0.29, 0.717) is 6.61 Å². The minimum Gasteiger partial charge on any atom is -0.387 e. The molecule has 350 valence electrons. The maximum atomic E-state index is 11.7. The zero-order chi connectivity index (χ0) is 44.6. The lowest BCUT2D eigenvalue weighted by atomic mass is 9.96. The Kier molecular flexibility index (Phi) is 20.1. The summed E-state index contributed by atoms with van der Waals surface area (Å²) in [7, 11) is 0. The molecule has 0 bridgehead atoms. The van der Waals surface area contributed by atoms with E-state index in [2.05, 4.69) is 6.92 Å². The van der Waals surface area contributed by atoms with Gasteiger partial charge in [-0.1, -0.05) is 130 Å². The highest BCUT2D eigenvalue weighted by Crippen LogP contribution is 2.33. The first kappa shape index (κ1) is 49.5. The van der Waals surface area contributed by atoms with E-state index in [1.807, 2.05) is 91.0 Å². The van der Waals surface area contributed by atoms with Crippen LogP contribution in [0.15, 0.2) is 91.0 Å². The molecule has 3 aromatic carbocycles. The van der Waals surface area contributed by atoms with Gasteiger partial charge < -0.3 is 78.4 Å². The third-order valence-corrected chi connectivity index (χ3v) is 11.5. The second-order valence-electron chi connectivity index (χ2n) is 16.4. The van der Waals surface area contributed by atoms with Crippen molar-refractivity contribution in [2.24, 2.45) is 0 Å². The third-order valence-electron chi connectivity index (χ3n) is 11.5. The van der Waals surface area contributed by atoms with Gasteiger partial charge in [-0.3, -0.25) is 0 Å². The topological polar surface area (TPSA) is 225 Å². The number of aliphatic hydroxyl groups is 7. The molecule has 3 heterocycles. The van der Waals surface area contributed by atoms with Crippen LogP contribution in [-0.4, -0.2) is 154 Å². The molecule has 63 heavy (non-hydrogen) atoms. The predicted octanol–water partition coefficient (Wildman–Crippen LogP) is 2.49. The third kappa shape index (κ3) is 14.3. The first-order chi connectivity index (χ1) is 30.6. The van der Waals surface area contributed by atoms with E-state index < -0.39 is 92.1 Å². The van der Waals surface area contributed by atoms with Crippen LogP contribution >= 0.6 is 0 Å². The largest absolute Gasteiger partial charge is 0.387 e. The van der Waals surface area contributed by atoms with Gasteiger partial charge >= 0.3 is 0 Å². The van der Waals surface area contributed by atoms with Crippen LogP contribution in [0.25, 0.3) is 0 Å². The highest BCUT2D eigenvalue weighted by molar-refractivity contribution is 5.15. The summed E-state index contributed by atoms with van der Waals surface area (Å²) in [5.41, 5.74) is 2.59. The molecular formula is C47H66O16. The molecule has 3 aliphatic rings. The van der Waals surface area contributed by atoms with E-state index >= 15 is 0 Å². The van der Waals surface area contributed by atoms with Crippen molar-refractivity contribution < 1.29 is 78.4 Å². The van der Waals surface area contributed by atoms with Crippen LogP contribution in [0.1, 0.15) is 62.1 Å². The Balaban J connectivity index is 1.15. The zero-order valence-electron chi connectivity index (χ0n) is 35.8. The Bertz CT molecular complexity index is 1680. The predicted molar refractivity (Wildman–Crippen MR) is 225 cm³/mol. The molecule has 3 aromatic rings.